The van der Waals surface area contributed by atoms with Crippen LogP contribution in [0.3, 0.4) is 0 Å². The van der Waals surface area contributed by atoms with Gasteiger partial charge in [-0.1, -0.05) is 0 Å². The molecule has 1 aliphatic heterocycles. The molecule has 0 bridgehead atoms. The highest BCUT2D eigenvalue weighted by atomic mass is 16.5. The second kappa shape index (κ2) is 7.83. The van der Waals surface area contributed by atoms with E-state index >= 15 is 0 Å². The molecule has 0 unspecified atom stereocenters. The Morgan fingerprint density at radius 2 is 2.14 bits per heavy atom. The number of rotatable bonds is 6. The van der Waals surface area contributed by atoms with Crippen molar-refractivity contribution in [2.24, 2.45) is 0 Å². The Morgan fingerprint density at radius 3 is 2.71 bits per heavy atom. The van der Waals surface area contributed by atoms with Gasteiger partial charge in [0.25, 0.3) is 0 Å². The maximum Gasteiger partial charge on any atom is 0.219 e. The number of nitrogens with zero attached hydrogens (tertiary/aromatic N) is 2. The van der Waals surface area contributed by atoms with Crippen LogP contribution in [0.25, 0.3) is 0 Å². The van der Waals surface area contributed by atoms with Crippen molar-refractivity contribution >= 4 is 11.6 Å². The molecule has 116 valence electrons. The van der Waals surface area contributed by atoms with Crippen molar-refractivity contribution in [3.8, 4) is 5.88 Å². The van der Waals surface area contributed by atoms with Gasteiger partial charge in [0, 0.05) is 39.2 Å². The maximum atomic E-state index is 11.3. The van der Waals surface area contributed by atoms with Crippen LogP contribution in [0.4, 0.5) is 5.69 Å². The van der Waals surface area contributed by atoms with Crippen LogP contribution in [-0.4, -0.2) is 55.2 Å². The van der Waals surface area contributed by atoms with Gasteiger partial charge in [-0.25, -0.2) is 4.98 Å². The van der Waals surface area contributed by atoms with E-state index in [1.165, 1.54) is 0 Å². The van der Waals surface area contributed by atoms with Gasteiger partial charge < -0.3 is 19.7 Å². The first-order chi connectivity index (χ1) is 10.2. The fraction of sp³-hybridized carbons (Fsp3) is 0.600. The molecule has 6 nitrogen and oxygen atoms in total. The fourth-order valence-corrected chi connectivity index (χ4v) is 2.36. The predicted octanol–water partition coefficient (Wildman–Crippen LogP) is 1.53. The van der Waals surface area contributed by atoms with Crippen LogP contribution in [0.15, 0.2) is 18.3 Å². The first-order valence-corrected chi connectivity index (χ1v) is 7.29. The minimum atomic E-state index is 0.160. The lowest BCUT2D eigenvalue weighted by Gasteiger charge is -2.32. The third-order valence-corrected chi connectivity index (χ3v) is 3.58. The van der Waals surface area contributed by atoms with E-state index in [0.29, 0.717) is 25.1 Å². The monoisotopic (exact) mass is 293 g/mol. The Kier molecular flexibility index (Phi) is 5.80. The first kappa shape index (κ1) is 15.6. The second-order valence-corrected chi connectivity index (χ2v) is 5.15. The molecular weight excluding hydrogens is 270 g/mol. The number of amides is 1. The molecule has 0 aliphatic carbocycles. The standard InChI is InChI=1S/C15H23N3O3/c1-12(19)18-7-5-13(6-8-18)17-14-3-4-15(16-11-14)21-10-9-20-2/h3-4,11,13,17H,5-10H2,1-2H3. The number of hydrogen-bond donors (Lipinski definition) is 1. The lowest BCUT2D eigenvalue weighted by molar-refractivity contribution is -0.129. The van der Waals surface area contributed by atoms with Crippen molar-refractivity contribution in [1.29, 1.82) is 0 Å². The molecule has 2 heterocycles. The number of hydrogen-bond acceptors (Lipinski definition) is 5. The molecule has 0 saturated carbocycles. The molecule has 0 radical (unpaired) electrons. The minimum absolute atomic E-state index is 0.160. The summed E-state index contributed by atoms with van der Waals surface area (Å²) >= 11 is 0. The van der Waals surface area contributed by atoms with Crippen molar-refractivity contribution in [3.63, 3.8) is 0 Å². The van der Waals surface area contributed by atoms with E-state index in [1.54, 1.807) is 20.2 Å². The molecule has 1 N–H and O–H groups in total. The first-order valence-electron chi connectivity index (χ1n) is 7.29. The molecular formula is C15H23N3O3. The minimum Gasteiger partial charge on any atom is -0.475 e. The number of carbonyl (C=O) groups excluding carboxylic acids is 1. The average molecular weight is 293 g/mol. The number of carbonyl (C=O) groups is 1. The largest absolute Gasteiger partial charge is 0.475 e. The molecule has 0 spiro atoms. The van der Waals surface area contributed by atoms with E-state index in [9.17, 15) is 4.79 Å². The number of anilines is 1. The number of likely N-dealkylation sites (tertiary alicyclic amines) is 1. The lowest BCUT2D eigenvalue weighted by atomic mass is 10.0. The maximum absolute atomic E-state index is 11.3. The normalized spacial score (nSPS) is 15.8. The van der Waals surface area contributed by atoms with Crippen LogP contribution < -0.4 is 10.1 Å². The third-order valence-electron chi connectivity index (χ3n) is 3.58. The van der Waals surface area contributed by atoms with Crippen molar-refractivity contribution in [2.45, 2.75) is 25.8 Å². The molecule has 6 heteroatoms. The van der Waals surface area contributed by atoms with Gasteiger partial charge >= 0.3 is 0 Å². The molecule has 1 aromatic rings. The molecule has 1 saturated heterocycles. The van der Waals surface area contributed by atoms with Crippen LogP contribution in [0.2, 0.25) is 0 Å². The number of piperidine rings is 1. The zero-order chi connectivity index (χ0) is 15.1. The average Bonchev–Trinajstić information content (AvgIpc) is 2.50. The van der Waals surface area contributed by atoms with Crippen LogP contribution in [0, 0.1) is 0 Å². The Balaban J connectivity index is 1.77. The fourth-order valence-electron chi connectivity index (χ4n) is 2.36. The van der Waals surface area contributed by atoms with Gasteiger partial charge in [-0.15, -0.1) is 0 Å². The van der Waals surface area contributed by atoms with Crippen LogP contribution in [0.1, 0.15) is 19.8 Å². The van der Waals surface area contributed by atoms with Crippen molar-refractivity contribution in [2.75, 3.05) is 38.7 Å². The number of ether oxygens (including phenoxy) is 2. The Hall–Kier alpha value is -1.82. The van der Waals surface area contributed by atoms with Gasteiger partial charge in [-0.05, 0) is 18.9 Å². The summed E-state index contributed by atoms with van der Waals surface area (Å²) in [6, 6.07) is 4.21. The van der Waals surface area contributed by atoms with Crippen LogP contribution in [-0.2, 0) is 9.53 Å². The smallest absolute Gasteiger partial charge is 0.219 e. The summed E-state index contributed by atoms with van der Waals surface area (Å²) in [5.74, 6) is 0.761. The van der Waals surface area contributed by atoms with Gasteiger partial charge in [0.05, 0.1) is 18.5 Å². The van der Waals surface area contributed by atoms with E-state index in [4.69, 9.17) is 9.47 Å². The van der Waals surface area contributed by atoms with Gasteiger partial charge in [-0.3, -0.25) is 4.79 Å². The van der Waals surface area contributed by atoms with Crippen molar-refractivity contribution in [1.82, 2.24) is 9.88 Å². The summed E-state index contributed by atoms with van der Waals surface area (Å²) in [6.45, 7) is 4.31. The summed E-state index contributed by atoms with van der Waals surface area (Å²) < 4.78 is 10.3. The van der Waals surface area contributed by atoms with E-state index in [2.05, 4.69) is 10.3 Å². The second-order valence-electron chi connectivity index (χ2n) is 5.15. The predicted molar refractivity (Wildman–Crippen MR) is 80.5 cm³/mol. The van der Waals surface area contributed by atoms with Gasteiger partial charge in [0.15, 0.2) is 0 Å². The van der Waals surface area contributed by atoms with E-state index in [1.807, 2.05) is 17.0 Å². The zero-order valence-electron chi connectivity index (χ0n) is 12.7. The Morgan fingerprint density at radius 1 is 1.38 bits per heavy atom. The highest BCUT2D eigenvalue weighted by molar-refractivity contribution is 5.73. The topological polar surface area (TPSA) is 63.7 Å². The molecule has 0 atom stereocenters. The summed E-state index contributed by atoms with van der Waals surface area (Å²) in [5.41, 5.74) is 0.982. The summed E-state index contributed by atoms with van der Waals surface area (Å²) in [6.07, 6.45) is 3.71. The molecule has 0 aromatic carbocycles. The number of nitrogens with one attached hydrogen (secondary N) is 1. The highest BCUT2D eigenvalue weighted by Gasteiger charge is 2.20. The van der Waals surface area contributed by atoms with E-state index in [0.717, 1.165) is 31.6 Å². The Bertz CT molecular complexity index is 442. The van der Waals surface area contributed by atoms with Crippen LogP contribution in [0.5, 0.6) is 5.88 Å². The van der Waals surface area contributed by atoms with Crippen LogP contribution >= 0.6 is 0 Å². The summed E-state index contributed by atoms with van der Waals surface area (Å²) in [4.78, 5) is 17.4. The Labute approximate surface area is 125 Å². The van der Waals surface area contributed by atoms with E-state index in [-0.39, 0.29) is 5.91 Å². The molecule has 1 aliphatic rings. The third kappa shape index (κ3) is 4.90. The molecule has 2 rings (SSSR count). The molecule has 1 aromatic heterocycles. The lowest BCUT2D eigenvalue weighted by Crippen LogP contribution is -2.41. The summed E-state index contributed by atoms with van der Waals surface area (Å²) in [7, 11) is 1.64. The zero-order valence-corrected chi connectivity index (χ0v) is 12.7. The molecule has 21 heavy (non-hydrogen) atoms. The van der Waals surface area contributed by atoms with Gasteiger partial charge in [-0.2, -0.15) is 0 Å². The quantitative estimate of drug-likeness (QED) is 0.806. The van der Waals surface area contributed by atoms with E-state index < -0.39 is 0 Å². The van der Waals surface area contributed by atoms with Crippen molar-refractivity contribution in [3.05, 3.63) is 18.3 Å². The number of aromatic nitrogens is 1. The summed E-state index contributed by atoms with van der Waals surface area (Å²) in [5, 5.41) is 3.45. The van der Waals surface area contributed by atoms with Gasteiger partial charge in [0.2, 0.25) is 11.8 Å². The SMILES string of the molecule is COCCOc1ccc(NC2CCN(C(C)=O)CC2)cn1. The molecule has 1 fully saturated rings. The van der Waals surface area contributed by atoms with Crippen molar-refractivity contribution < 1.29 is 14.3 Å². The van der Waals surface area contributed by atoms with Gasteiger partial charge in [0.1, 0.15) is 6.61 Å². The highest BCUT2D eigenvalue weighted by Crippen LogP contribution is 2.17. The number of methoxy groups -OCH3 is 1. The molecule has 1 amide bonds. The number of pyridine rings is 1.